The lowest BCUT2D eigenvalue weighted by atomic mass is 9.82. The Morgan fingerprint density at radius 3 is 2.33 bits per heavy atom. The van der Waals surface area contributed by atoms with Gasteiger partial charge in [-0.15, -0.1) is 0 Å². The van der Waals surface area contributed by atoms with Crippen LogP contribution in [0.15, 0.2) is 0 Å². The van der Waals surface area contributed by atoms with Crippen LogP contribution in [0.25, 0.3) is 0 Å². The molecule has 1 aliphatic heterocycles. The first kappa shape index (κ1) is 17.9. The summed E-state index contributed by atoms with van der Waals surface area (Å²) in [5.41, 5.74) is -1.49. The monoisotopic (exact) mass is 301 g/mol. The summed E-state index contributed by atoms with van der Waals surface area (Å²) in [7, 11) is 1.38. The number of carbonyl (C=O) groups is 2. The zero-order valence-electron chi connectivity index (χ0n) is 13.5. The van der Waals surface area contributed by atoms with Gasteiger partial charge >= 0.3 is 11.9 Å². The van der Waals surface area contributed by atoms with Crippen LogP contribution in [0.1, 0.15) is 46.5 Å². The van der Waals surface area contributed by atoms with Crippen molar-refractivity contribution in [3.8, 4) is 0 Å². The molecule has 1 rings (SSSR count). The molecule has 0 aromatic heterocycles. The van der Waals surface area contributed by atoms with E-state index in [9.17, 15) is 14.7 Å². The first-order valence-electron chi connectivity index (χ1n) is 7.37. The first-order valence-corrected chi connectivity index (χ1v) is 7.37. The fourth-order valence-electron chi connectivity index (χ4n) is 2.94. The molecule has 0 aliphatic carbocycles. The third kappa shape index (κ3) is 6.44. The van der Waals surface area contributed by atoms with E-state index in [0.29, 0.717) is 32.2 Å². The predicted octanol–water partition coefficient (Wildman–Crippen LogP) is 1.11. The molecular formula is C15H27NO5. The lowest BCUT2D eigenvalue weighted by molar-refractivity contribution is -0.161. The molecule has 1 aliphatic rings. The molecule has 0 amide bonds. The number of esters is 2. The summed E-state index contributed by atoms with van der Waals surface area (Å²) in [4.78, 5) is 24.3. The lowest BCUT2D eigenvalue weighted by Gasteiger charge is -2.41. The number of rotatable bonds is 6. The fourth-order valence-corrected chi connectivity index (χ4v) is 2.94. The molecule has 0 aromatic rings. The Morgan fingerprint density at radius 1 is 1.29 bits per heavy atom. The van der Waals surface area contributed by atoms with Crippen molar-refractivity contribution in [1.29, 1.82) is 0 Å². The van der Waals surface area contributed by atoms with Crippen molar-refractivity contribution in [3.63, 3.8) is 0 Å². The maximum Gasteiger partial charge on any atom is 0.306 e. The zero-order chi connectivity index (χ0) is 16.1. The summed E-state index contributed by atoms with van der Waals surface area (Å²) in [6.45, 7) is 7.11. The molecule has 0 saturated carbocycles. The minimum Gasteiger partial charge on any atom is -0.469 e. The topological polar surface area (TPSA) is 76.1 Å². The molecular weight excluding hydrogens is 274 g/mol. The van der Waals surface area contributed by atoms with E-state index >= 15 is 0 Å². The molecule has 0 bridgehead atoms. The van der Waals surface area contributed by atoms with Gasteiger partial charge in [0.2, 0.25) is 0 Å². The van der Waals surface area contributed by atoms with Gasteiger partial charge in [-0.2, -0.15) is 0 Å². The highest BCUT2D eigenvalue weighted by Crippen LogP contribution is 2.32. The molecule has 1 heterocycles. The molecule has 0 spiro atoms. The van der Waals surface area contributed by atoms with Crippen molar-refractivity contribution in [2.24, 2.45) is 0 Å². The number of aliphatic hydroxyl groups is 1. The van der Waals surface area contributed by atoms with Gasteiger partial charge in [-0.25, -0.2) is 0 Å². The van der Waals surface area contributed by atoms with Gasteiger partial charge in [0.25, 0.3) is 0 Å². The molecule has 122 valence electrons. The third-order valence-corrected chi connectivity index (χ3v) is 3.82. The number of hydrogen-bond acceptors (Lipinski definition) is 6. The second-order valence-electron chi connectivity index (χ2n) is 6.42. The summed E-state index contributed by atoms with van der Waals surface area (Å²) >= 11 is 0. The van der Waals surface area contributed by atoms with E-state index < -0.39 is 11.2 Å². The molecule has 6 nitrogen and oxygen atoms in total. The molecule has 0 aromatic carbocycles. The summed E-state index contributed by atoms with van der Waals surface area (Å²) < 4.78 is 9.87. The van der Waals surface area contributed by atoms with Crippen LogP contribution < -0.4 is 0 Å². The van der Waals surface area contributed by atoms with Gasteiger partial charge < -0.3 is 19.5 Å². The van der Waals surface area contributed by atoms with Crippen molar-refractivity contribution in [3.05, 3.63) is 0 Å². The summed E-state index contributed by atoms with van der Waals surface area (Å²) in [5, 5.41) is 10.7. The second-order valence-corrected chi connectivity index (χ2v) is 6.42. The Hall–Kier alpha value is -1.14. The van der Waals surface area contributed by atoms with E-state index in [1.54, 1.807) is 0 Å². The van der Waals surface area contributed by atoms with Gasteiger partial charge in [0.05, 0.1) is 19.1 Å². The molecule has 1 fully saturated rings. The number of ether oxygens (including phenoxy) is 2. The van der Waals surface area contributed by atoms with Crippen LogP contribution in [0.3, 0.4) is 0 Å². The largest absolute Gasteiger partial charge is 0.469 e. The molecule has 6 heteroatoms. The van der Waals surface area contributed by atoms with Crippen molar-refractivity contribution in [2.75, 3.05) is 26.7 Å². The van der Waals surface area contributed by atoms with Crippen molar-refractivity contribution in [1.82, 2.24) is 4.90 Å². The number of nitrogens with zero attached hydrogens (tertiary/aromatic N) is 1. The van der Waals surface area contributed by atoms with Gasteiger partial charge in [-0.3, -0.25) is 9.59 Å². The van der Waals surface area contributed by atoms with E-state index in [0.717, 1.165) is 13.1 Å². The summed E-state index contributed by atoms with van der Waals surface area (Å²) in [6.07, 6.45) is 2.01. The quantitative estimate of drug-likeness (QED) is 0.741. The van der Waals surface area contributed by atoms with Crippen LogP contribution in [0.2, 0.25) is 0 Å². The Bertz CT molecular complexity index is 372. The fraction of sp³-hybridized carbons (Fsp3) is 0.867. The van der Waals surface area contributed by atoms with Crippen LogP contribution >= 0.6 is 0 Å². The lowest BCUT2D eigenvalue weighted by Crippen LogP contribution is -2.49. The maximum atomic E-state index is 11.1. The predicted molar refractivity (Wildman–Crippen MR) is 77.7 cm³/mol. The minimum absolute atomic E-state index is 0.216. The Labute approximate surface area is 126 Å². The van der Waals surface area contributed by atoms with E-state index in [4.69, 9.17) is 4.74 Å². The standard InChI is InChI=1S/C15H27NO5/c1-12(17)21-14(2,3)11-15(19)6-9-16(10-7-15)8-5-13(18)20-4/h19H,5-11H2,1-4H3. The number of piperidine rings is 1. The molecule has 0 atom stereocenters. The van der Waals surface area contributed by atoms with Crippen LogP contribution in [-0.4, -0.2) is 59.9 Å². The Balaban J connectivity index is 2.43. The van der Waals surface area contributed by atoms with Crippen molar-refractivity contribution < 1.29 is 24.2 Å². The normalized spacial score (nSPS) is 19.1. The van der Waals surface area contributed by atoms with Crippen LogP contribution in [0, 0.1) is 0 Å². The van der Waals surface area contributed by atoms with Crippen LogP contribution in [-0.2, 0) is 19.1 Å². The SMILES string of the molecule is COC(=O)CCN1CCC(O)(CC(C)(C)OC(C)=O)CC1. The second kappa shape index (κ2) is 7.22. The van der Waals surface area contributed by atoms with E-state index in [1.807, 2.05) is 13.8 Å². The van der Waals surface area contributed by atoms with Gasteiger partial charge in [0, 0.05) is 33.0 Å². The highest BCUT2D eigenvalue weighted by atomic mass is 16.6. The molecule has 1 N–H and O–H groups in total. The first-order chi connectivity index (χ1) is 9.66. The average molecular weight is 301 g/mol. The third-order valence-electron chi connectivity index (χ3n) is 3.82. The van der Waals surface area contributed by atoms with E-state index in [2.05, 4.69) is 9.64 Å². The number of hydrogen-bond donors (Lipinski definition) is 1. The molecule has 1 saturated heterocycles. The Morgan fingerprint density at radius 2 is 1.86 bits per heavy atom. The van der Waals surface area contributed by atoms with Gasteiger partial charge in [0.1, 0.15) is 5.60 Å². The highest BCUT2D eigenvalue weighted by Gasteiger charge is 2.38. The number of likely N-dealkylation sites (tertiary alicyclic amines) is 1. The summed E-state index contributed by atoms with van der Waals surface area (Å²) in [5.74, 6) is -0.550. The molecule has 0 radical (unpaired) electrons. The molecule has 21 heavy (non-hydrogen) atoms. The number of carbonyl (C=O) groups excluding carboxylic acids is 2. The number of methoxy groups -OCH3 is 1. The Kier molecular flexibility index (Phi) is 6.16. The van der Waals surface area contributed by atoms with Gasteiger partial charge in [-0.05, 0) is 26.7 Å². The van der Waals surface area contributed by atoms with Crippen LogP contribution in [0.4, 0.5) is 0 Å². The van der Waals surface area contributed by atoms with E-state index in [1.165, 1.54) is 14.0 Å². The minimum atomic E-state index is -0.819. The van der Waals surface area contributed by atoms with Gasteiger partial charge in [0.15, 0.2) is 0 Å². The smallest absolute Gasteiger partial charge is 0.306 e. The maximum absolute atomic E-state index is 11.1. The van der Waals surface area contributed by atoms with E-state index in [-0.39, 0.29) is 11.9 Å². The molecule has 0 unspecified atom stereocenters. The van der Waals surface area contributed by atoms with Gasteiger partial charge in [-0.1, -0.05) is 0 Å². The summed E-state index contributed by atoms with van der Waals surface area (Å²) in [6, 6.07) is 0. The van der Waals surface area contributed by atoms with Crippen molar-refractivity contribution >= 4 is 11.9 Å². The average Bonchev–Trinajstić information content (AvgIpc) is 2.35. The highest BCUT2D eigenvalue weighted by molar-refractivity contribution is 5.69. The van der Waals surface area contributed by atoms with Crippen molar-refractivity contribution in [2.45, 2.75) is 57.7 Å². The zero-order valence-corrected chi connectivity index (χ0v) is 13.5. The van der Waals surface area contributed by atoms with Crippen LogP contribution in [0.5, 0.6) is 0 Å².